The average Bonchev–Trinajstić information content (AvgIpc) is 3.41. The third-order valence-corrected chi connectivity index (χ3v) is 4.87. The second kappa shape index (κ2) is 8.75. The number of fused-ring (bicyclic) bond motifs is 1. The van der Waals surface area contributed by atoms with Crippen molar-refractivity contribution < 1.29 is 23.5 Å². The molecule has 0 saturated heterocycles. The molecule has 152 valence electrons. The number of nitrogens with one attached hydrogen (secondary N) is 1. The molecule has 1 N–H and O–H groups in total. The summed E-state index contributed by atoms with van der Waals surface area (Å²) in [6, 6.07) is 12.3. The van der Waals surface area contributed by atoms with Gasteiger partial charge < -0.3 is 13.9 Å². The maximum atomic E-state index is 12.1. The van der Waals surface area contributed by atoms with Gasteiger partial charge in [-0.1, -0.05) is 0 Å². The number of amides is 1. The first-order valence-electron chi connectivity index (χ1n) is 9.11. The molecule has 2 aromatic carbocycles. The lowest BCUT2D eigenvalue weighted by Gasteiger charge is -2.05. The zero-order valence-electron chi connectivity index (χ0n) is 16.0. The van der Waals surface area contributed by atoms with E-state index in [0.717, 1.165) is 17.0 Å². The number of thiazole rings is 1. The van der Waals surface area contributed by atoms with Crippen molar-refractivity contribution >= 4 is 39.4 Å². The van der Waals surface area contributed by atoms with Crippen LogP contribution in [0, 0.1) is 0 Å². The second-order valence-electron chi connectivity index (χ2n) is 6.15. The Kier molecular flexibility index (Phi) is 5.71. The minimum atomic E-state index is -0.621. The number of carbonyl (C=O) groups is 2. The first-order chi connectivity index (χ1) is 14.6. The van der Waals surface area contributed by atoms with Crippen LogP contribution < -0.4 is 10.1 Å². The number of benzene rings is 2. The minimum Gasteiger partial charge on any atom is -0.494 e. The van der Waals surface area contributed by atoms with Gasteiger partial charge in [0, 0.05) is 10.9 Å². The zero-order valence-corrected chi connectivity index (χ0v) is 16.8. The van der Waals surface area contributed by atoms with Crippen LogP contribution >= 0.6 is 11.3 Å². The van der Waals surface area contributed by atoms with Gasteiger partial charge in [0.25, 0.3) is 5.91 Å². The largest absolute Gasteiger partial charge is 0.494 e. The lowest BCUT2D eigenvalue weighted by Crippen LogP contribution is -2.20. The fraction of sp³-hybridized carbons (Fsp3) is 0.143. The quantitative estimate of drug-likeness (QED) is 0.445. The van der Waals surface area contributed by atoms with E-state index >= 15 is 0 Å². The summed E-state index contributed by atoms with van der Waals surface area (Å²) in [5, 5.41) is 4.89. The highest BCUT2D eigenvalue weighted by atomic mass is 32.1. The Labute approximate surface area is 175 Å². The predicted octanol–water partition coefficient (Wildman–Crippen LogP) is 4.15. The maximum absolute atomic E-state index is 12.1. The Hall–Kier alpha value is -3.72. The number of aromatic nitrogens is 2. The van der Waals surface area contributed by atoms with Gasteiger partial charge in [-0.25, -0.2) is 14.8 Å². The highest BCUT2D eigenvalue weighted by Gasteiger charge is 2.13. The molecule has 0 spiro atoms. The van der Waals surface area contributed by atoms with Crippen molar-refractivity contribution in [3.8, 4) is 17.0 Å². The number of esters is 1. The summed E-state index contributed by atoms with van der Waals surface area (Å²) < 4.78 is 15.6. The molecule has 2 heterocycles. The number of ether oxygens (including phenoxy) is 2. The van der Waals surface area contributed by atoms with Crippen LogP contribution in [0.5, 0.6) is 5.75 Å². The molecule has 0 aliphatic rings. The summed E-state index contributed by atoms with van der Waals surface area (Å²) in [7, 11) is 0. The van der Waals surface area contributed by atoms with Gasteiger partial charge in [0.05, 0.1) is 17.9 Å². The van der Waals surface area contributed by atoms with Crippen molar-refractivity contribution in [1.29, 1.82) is 0 Å². The van der Waals surface area contributed by atoms with Crippen LogP contribution in [0.2, 0.25) is 0 Å². The third kappa shape index (κ3) is 4.47. The number of oxazole rings is 1. The molecule has 0 fully saturated rings. The smallest absolute Gasteiger partial charge is 0.338 e. The average molecular weight is 423 g/mol. The Balaban J connectivity index is 1.32. The molecule has 0 bridgehead atoms. The predicted molar refractivity (Wildman–Crippen MR) is 112 cm³/mol. The van der Waals surface area contributed by atoms with Crippen molar-refractivity contribution in [2.45, 2.75) is 6.92 Å². The van der Waals surface area contributed by atoms with Gasteiger partial charge in [-0.3, -0.25) is 10.1 Å². The van der Waals surface area contributed by atoms with Gasteiger partial charge in [-0.05, 0) is 49.4 Å². The zero-order chi connectivity index (χ0) is 20.9. The summed E-state index contributed by atoms with van der Waals surface area (Å²) in [5.74, 6) is -0.308. The van der Waals surface area contributed by atoms with Crippen molar-refractivity contribution in [3.05, 3.63) is 59.8 Å². The number of carbonyl (C=O) groups excluding carboxylic acids is 2. The fourth-order valence-electron chi connectivity index (χ4n) is 2.71. The van der Waals surface area contributed by atoms with Crippen LogP contribution in [0.1, 0.15) is 17.3 Å². The standard InChI is InChI=1S/C21H17N3O5S/c1-2-27-15-6-3-13(4-7-15)17-11-30-21(23-17)24-19(25)10-28-20(26)14-5-8-18-16(9-14)22-12-29-18/h3-9,11-12H,2,10H2,1H3,(H,23,24,25). The Morgan fingerprint density at radius 1 is 1.17 bits per heavy atom. The Morgan fingerprint density at radius 2 is 2.00 bits per heavy atom. The van der Waals surface area contributed by atoms with Gasteiger partial charge >= 0.3 is 5.97 Å². The minimum absolute atomic E-state index is 0.288. The fourth-order valence-corrected chi connectivity index (χ4v) is 3.44. The molecular formula is C21H17N3O5S. The molecule has 2 aromatic heterocycles. The lowest BCUT2D eigenvalue weighted by atomic mass is 10.2. The molecule has 30 heavy (non-hydrogen) atoms. The third-order valence-electron chi connectivity index (χ3n) is 4.11. The molecule has 0 aliphatic carbocycles. The molecule has 0 aliphatic heterocycles. The first-order valence-corrected chi connectivity index (χ1v) is 9.99. The number of nitrogens with zero attached hydrogens (tertiary/aromatic N) is 2. The number of hydrogen-bond acceptors (Lipinski definition) is 8. The first kappa shape index (κ1) is 19.6. The summed E-state index contributed by atoms with van der Waals surface area (Å²) in [5.41, 5.74) is 3.03. The van der Waals surface area contributed by atoms with Crippen LogP contribution in [0.4, 0.5) is 5.13 Å². The SMILES string of the molecule is CCOc1ccc(-c2csc(NC(=O)COC(=O)c3ccc4ocnc4c3)n2)cc1. The van der Waals surface area contributed by atoms with Crippen LogP contribution in [0.15, 0.2) is 58.7 Å². The van der Waals surface area contributed by atoms with Crippen LogP contribution in [-0.2, 0) is 9.53 Å². The molecule has 0 atom stereocenters. The van der Waals surface area contributed by atoms with E-state index in [4.69, 9.17) is 13.9 Å². The Bertz CT molecular complexity index is 1180. The normalized spacial score (nSPS) is 10.7. The lowest BCUT2D eigenvalue weighted by molar-refractivity contribution is -0.119. The van der Waals surface area contributed by atoms with Crippen molar-refractivity contribution in [1.82, 2.24) is 9.97 Å². The van der Waals surface area contributed by atoms with Crippen molar-refractivity contribution in [2.24, 2.45) is 0 Å². The van der Waals surface area contributed by atoms with E-state index in [1.807, 2.05) is 36.6 Å². The second-order valence-corrected chi connectivity index (χ2v) is 7.01. The molecule has 8 nitrogen and oxygen atoms in total. The van der Waals surface area contributed by atoms with E-state index in [-0.39, 0.29) is 5.56 Å². The summed E-state index contributed by atoms with van der Waals surface area (Å²) in [6.45, 7) is 2.11. The van der Waals surface area contributed by atoms with Crippen molar-refractivity contribution in [2.75, 3.05) is 18.5 Å². The van der Waals surface area contributed by atoms with E-state index in [9.17, 15) is 9.59 Å². The van der Waals surface area contributed by atoms with Gasteiger partial charge in [0.1, 0.15) is 11.3 Å². The molecule has 0 saturated carbocycles. The molecule has 1 amide bonds. The van der Waals surface area contributed by atoms with E-state index in [2.05, 4.69) is 15.3 Å². The molecule has 9 heteroatoms. The molecule has 4 rings (SSSR count). The van der Waals surface area contributed by atoms with Crippen LogP contribution in [-0.4, -0.2) is 35.1 Å². The van der Waals surface area contributed by atoms with Gasteiger partial charge in [-0.2, -0.15) is 0 Å². The number of rotatable bonds is 7. The number of hydrogen-bond donors (Lipinski definition) is 1. The summed E-state index contributed by atoms with van der Waals surface area (Å²) in [6.07, 6.45) is 1.29. The Morgan fingerprint density at radius 3 is 2.80 bits per heavy atom. The van der Waals surface area contributed by atoms with Gasteiger partial charge in [-0.15, -0.1) is 11.3 Å². The molecular weight excluding hydrogens is 406 g/mol. The highest BCUT2D eigenvalue weighted by Crippen LogP contribution is 2.26. The van der Waals surface area contributed by atoms with Gasteiger partial charge in [0.15, 0.2) is 23.7 Å². The van der Waals surface area contributed by atoms with E-state index in [1.165, 1.54) is 17.7 Å². The van der Waals surface area contributed by atoms with Crippen LogP contribution in [0.3, 0.4) is 0 Å². The number of anilines is 1. The van der Waals surface area contributed by atoms with Gasteiger partial charge in [0.2, 0.25) is 0 Å². The summed E-state index contributed by atoms with van der Waals surface area (Å²) in [4.78, 5) is 32.6. The molecule has 4 aromatic rings. The maximum Gasteiger partial charge on any atom is 0.338 e. The molecule has 0 unspecified atom stereocenters. The van der Waals surface area contributed by atoms with E-state index in [1.54, 1.807) is 18.2 Å². The van der Waals surface area contributed by atoms with Crippen LogP contribution in [0.25, 0.3) is 22.4 Å². The summed E-state index contributed by atoms with van der Waals surface area (Å²) >= 11 is 1.29. The van der Waals surface area contributed by atoms with E-state index in [0.29, 0.717) is 22.8 Å². The van der Waals surface area contributed by atoms with Crippen molar-refractivity contribution in [3.63, 3.8) is 0 Å². The topological polar surface area (TPSA) is 104 Å². The monoisotopic (exact) mass is 423 g/mol. The highest BCUT2D eigenvalue weighted by molar-refractivity contribution is 7.14. The van der Waals surface area contributed by atoms with E-state index < -0.39 is 18.5 Å². The molecule has 0 radical (unpaired) electrons.